The lowest BCUT2D eigenvalue weighted by atomic mass is 9.85. The fraction of sp³-hybridized carbons (Fsp3) is 0.182. The van der Waals surface area contributed by atoms with Crippen LogP contribution in [0.2, 0.25) is 0 Å². The standard InChI is InChI=1S/C22H19NO2/c1-14-7-2-3-8-15(14)13-16-9-6-11-18-20(22(24)25)17-10-4-5-12-19(17)23-21(16)18/h2-5,7-8,10,12-13H,6,9,11H2,1H3,(H,24,25). The Morgan fingerprint density at radius 1 is 1.08 bits per heavy atom. The number of hydrogen-bond donors (Lipinski definition) is 1. The van der Waals surface area contributed by atoms with Crippen LogP contribution in [-0.2, 0) is 6.42 Å². The highest BCUT2D eigenvalue weighted by Crippen LogP contribution is 2.36. The van der Waals surface area contributed by atoms with Crippen molar-refractivity contribution in [2.24, 2.45) is 0 Å². The molecule has 0 atom stereocenters. The number of rotatable bonds is 2. The maximum absolute atomic E-state index is 12.0. The van der Waals surface area contributed by atoms with E-state index in [2.05, 4.69) is 25.1 Å². The van der Waals surface area contributed by atoms with E-state index in [9.17, 15) is 9.90 Å². The molecule has 0 aliphatic heterocycles. The molecule has 2 aromatic carbocycles. The van der Waals surface area contributed by atoms with Gasteiger partial charge in [0.1, 0.15) is 0 Å². The topological polar surface area (TPSA) is 50.2 Å². The van der Waals surface area contributed by atoms with Crippen molar-refractivity contribution in [1.82, 2.24) is 4.98 Å². The van der Waals surface area contributed by atoms with E-state index in [1.165, 1.54) is 5.56 Å². The molecule has 1 aliphatic rings. The Balaban J connectivity index is 1.99. The van der Waals surface area contributed by atoms with Crippen LogP contribution in [0.1, 0.15) is 45.6 Å². The van der Waals surface area contributed by atoms with Crippen LogP contribution in [0.3, 0.4) is 0 Å². The SMILES string of the molecule is Cc1ccccc1C=C1CCCc2c1nc1ccccc1c2C(=O)O. The second kappa shape index (κ2) is 6.17. The number of nitrogens with zero attached hydrogens (tertiary/aromatic N) is 1. The van der Waals surface area contributed by atoms with Crippen molar-refractivity contribution in [1.29, 1.82) is 0 Å². The number of aromatic carboxylic acids is 1. The minimum Gasteiger partial charge on any atom is -0.478 e. The van der Waals surface area contributed by atoms with Crippen LogP contribution in [0.15, 0.2) is 48.5 Å². The summed E-state index contributed by atoms with van der Waals surface area (Å²) in [5.74, 6) is -0.869. The largest absolute Gasteiger partial charge is 0.478 e. The maximum Gasteiger partial charge on any atom is 0.336 e. The molecule has 3 nitrogen and oxygen atoms in total. The first-order chi connectivity index (χ1) is 12.1. The Kier molecular flexibility index (Phi) is 3.85. The molecule has 0 spiro atoms. The van der Waals surface area contributed by atoms with Crippen molar-refractivity contribution < 1.29 is 9.90 Å². The summed E-state index contributed by atoms with van der Waals surface area (Å²) in [5.41, 5.74) is 6.39. The number of aromatic nitrogens is 1. The minimum atomic E-state index is -0.869. The number of pyridine rings is 1. The van der Waals surface area contributed by atoms with Crippen molar-refractivity contribution in [3.8, 4) is 0 Å². The number of para-hydroxylation sites is 1. The van der Waals surface area contributed by atoms with Gasteiger partial charge >= 0.3 is 5.97 Å². The molecular weight excluding hydrogens is 310 g/mol. The van der Waals surface area contributed by atoms with E-state index >= 15 is 0 Å². The lowest BCUT2D eigenvalue weighted by molar-refractivity contribution is 0.0697. The molecule has 3 heteroatoms. The van der Waals surface area contributed by atoms with E-state index in [4.69, 9.17) is 4.98 Å². The van der Waals surface area contributed by atoms with E-state index in [1.54, 1.807) is 0 Å². The van der Waals surface area contributed by atoms with Gasteiger partial charge < -0.3 is 5.11 Å². The van der Waals surface area contributed by atoms with Gasteiger partial charge in [-0.05, 0) is 60.6 Å². The number of carbonyl (C=O) groups is 1. The lowest BCUT2D eigenvalue weighted by Gasteiger charge is -2.21. The lowest BCUT2D eigenvalue weighted by Crippen LogP contribution is -2.13. The zero-order valence-corrected chi connectivity index (χ0v) is 14.1. The Morgan fingerprint density at radius 2 is 1.84 bits per heavy atom. The highest BCUT2D eigenvalue weighted by molar-refractivity contribution is 6.05. The zero-order chi connectivity index (χ0) is 17.4. The van der Waals surface area contributed by atoms with E-state index < -0.39 is 5.97 Å². The third-order valence-corrected chi connectivity index (χ3v) is 4.90. The third kappa shape index (κ3) is 2.72. The summed E-state index contributed by atoms with van der Waals surface area (Å²) < 4.78 is 0. The average molecular weight is 329 g/mol. The molecule has 0 bridgehead atoms. The van der Waals surface area contributed by atoms with Gasteiger partial charge in [0.2, 0.25) is 0 Å². The maximum atomic E-state index is 12.0. The van der Waals surface area contributed by atoms with Crippen LogP contribution < -0.4 is 0 Å². The number of carboxylic acids is 1. The van der Waals surface area contributed by atoms with Gasteiger partial charge in [-0.25, -0.2) is 9.78 Å². The monoisotopic (exact) mass is 329 g/mol. The normalized spacial score (nSPS) is 15.3. The van der Waals surface area contributed by atoms with E-state index in [-0.39, 0.29) is 0 Å². The molecule has 3 aromatic rings. The number of fused-ring (bicyclic) bond motifs is 2. The fourth-order valence-electron chi connectivity index (χ4n) is 3.66. The van der Waals surface area contributed by atoms with Crippen LogP contribution in [0.5, 0.6) is 0 Å². The summed E-state index contributed by atoms with van der Waals surface area (Å²) in [6.07, 6.45) is 4.80. The first-order valence-electron chi connectivity index (χ1n) is 8.56. The van der Waals surface area contributed by atoms with E-state index in [1.807, 2.05) is 36.4 Å². The summed E-state index contributed by atoms with van der Waals surface area (Å²) in [4.78, 5) is 16.8. The average Bonchev–Trinajstić information content (AvgIpc) is 2.61. The number of benzene rings is 2. The molecule has 1 aromatic heterocycles. The molecule has 0 fully saturated rings. The molecule has 1 aliphatic carbocycles. The molecule has 0 amide bonds. The predicted octanol–water partition coefficient (Wildman–Crippen LogP) is 5.12. The number of aryl methyl sites for hydroxylation is 1. The molecular formula is C22H19NO2. The van der Waals surface area contributed by atoms with Crippen LogP contribution in [0.25, 0.3) is 22.6 Å². The fourth-order valence-corrected chi connectivity index (χ4v) is 3.66. The van der Waals surface area contributed by atoms with Gasteiger partial charge in [-0.3, -0.25) is 0 Å². The smallest absolute Gasteiger partial charge is 0.336 e. The number of hydrogen-bond acceptors (Lipinski definition) is 2. The highest BCUT2D eigenvalue weighted by atomic mass is 16.4. The second-order valence-corrected chi connectivity index (χ2v) is 6.52. The highest BCUT2D eigenvalue weighted by Gasteiger charge is 2.24. The van der Waals surface area contributed by atoms with Crippen molar-refractivity contribution >= 4 is 28.5 Å². The second-order valence-electron chi connectivity index (χ2n) is 6.52. The molecule has 4 rings (SSSR count). The van der Waals surface area contributed by atoms with Gasteiger partial charge in [-0.15, -0.1) is 0 Å². The zero-order valence-electron chi connectivity index (χ0n) is 14.1. The summed E-state index contributed by atoms with van der Waals surface area (Å²) >= 11 is 0. The van der Waals surface area contributed by atoms with Crippen LogP contribution in [0.4, 0.5) is 0 Å². The molecule has 0 unspecified atom stereocenters. The van der Waals surface area contributed by atoms with Crippen LogP contribution in [0, 0.1) is 6.92 Å². The Bertz CT molecular complexity index is 1020. The Hall–Kier alpha value is -2.94. The Labute approximate surface area is 146 Å². The molecule has 1 N–H and O–H groups in total. The molecule has 25 heavy (non-hydrogen) atoms. The summed E-state index contributed by atoms with van der Waals surface area (Å²) in [5, 5.41) is 10.5. The molecule has 0 saturated carbocycles. The first kappa shape index (κ1) is 15.6. The minimum absolute atomic E-state index is 0.413. The molecule has 124 valence electrons. The van der Waals surface area contributed by atoms with Gasteiger partial charge in [0.05, 0.1) is 16.8 Å². The van der Waals surface area contributed by atoms with Crippen molar-refractivity contribution in [2.75, 3.05) is 0 Å². The third-order valence-electron chi connectivity index (χ3n) is 4.90. The van der Waals surface area contributed by atoms with Gasteiger partial charge in [0, 0.05) is 5.39 Å². The van der Waals surface area contributed by atoms with Crippen LogP contribution >= 0.6 is 0 Å². The van der Waals surface area contributed by atoms with Crippen molar-refractivity contribution in [3.63, 3.8) is 0 Å². The van der Waals surface area contributed by atoms with Crippen LogP contribution in [-0.4, -0.2) is 16.1 Å². The van der Waals surface area contributed by atoms with Crippen molar-refractivity contribution in [2.45, 2.75) is 26.2 Å². The van der Waals surface area contributed by atoms with Gasteiger partial charge in [0.25, 0.3) is 0 Å². The molecule has 0 radical (unpaired) electrons. The molecule has 1 heterocycles. The van der Waals surface area contributed by atoms with Crippen molar-refractivity contribution in [3.05, 3.63) is 76.5 Å². The Morgan fingerprint density at radius 3 is 2.64 bits per heavy atom. The molecule has 0 saturated heterocycles. The quantitative estimate of drug-likeness (QED) is 0.710. The summed E-state index contributed by atoms with van der Waals surface area (Å²) in [6, 6.07) is 15.8. The summed E-state index contributed by atoms with van der Waals surface area (Å²) in [6.45, 7) is 2.09. The summed E-state index contributed by atoms with van der Waals surface area (Å²) in [7, 11) is 0. The first-order valence-corrected chi connectivity index (χ1v) is 8.56. The number of carboxylic acid groups (broad SMARTS) is 1. The van der Waals surface area contributed by atoms with E-state index in [0.29, 0.717) is 5.56 Å². The van der Waals surface area contributed by atoms with Gasteiger partial charge in [-0.2, -0.15) is 0 Å². The predicted molar refractivity (Wildman–Crippen MR) is 101 cm³/mol. The van der Waals surface area contributed by atoms with E-state index in [0.717, 1.165) is 52.6 Å². The number of allylic oxidation sites excluding steroid dienone is 1. The van der Waals surface area contributed by atoms with Gasteiger partial charge in [-0.1, -0.05) is 42.5 Å². The van der Waals surface area contributed by atoms with Gasteiger partial charge in [0.15, 0.2) is 0 Å².